The fraction of sp³-hybridized carbons (Fsp3) is 0.583. The van der Waals surface area contributed by atoms with Crippen LogP contribution < -0.4 is 14.8 Å². The van der Waals surface area contributed by atoms with Crippen molar-refractivity contribution in [3.8, 4) is 11.6 Å². The smallest absolute Gasteiger partial charge is 0.213 e. The van der Waals surface area contributed by atoms with E-state index in [-0.39, 0.29) is 0 Å². The third kappa shape index (κ3) is 2.27. The summed E-state index contributed by atoms with van der Waals surface area (Å²) in [5, 5.41) is 3.50. The van der Waals surface area contributed by atoms with Crippen molar-refractivity contribution < 1.29 is 9.47 Å². The van der Waals surface area contributed by atoms with Gasteiger partial charge in [0.05, 0.1) is 20.4 Å². The van der Waals surface area contributed by atoms with Gasteiger partial charge in [0.25, 0.3) is 0 Å². The molecule has 2 heterocycles. The molecule has 1 aromatic heterocycles. The highest BCUT2D eigenvalue weighted by Gasteiger charge is 2.19. The summed E-state index contributed by atoms with van der Waals surface area (Å²) >= 11 is 0. The molecule has 0 spiro atoms. The second kappa shape index (κ2) is 5.16. The number of hydrogen-bond donors (Lipinski definition) is 1. The Balaban J connectivity index is 2.27. The van der Waals surface area contributed by atoms with Crippen LogP contribution >= 0.6 is 0 Å². The Bertz CT molecular complexity index is 349. The van der Waals surface area contributed by atoms with Crippen LogP contribution in [0, 0.1) is 0 Å². The first kappa shape index (κ1) is 11.2. The maximum atomic E-state index is 5.34. The summed E-state index contributed by atoms with van der Waals surface area (Å²) in [5.74, 6) is 1.48. The van der Waals surface area contributed by atoms with Gasteiger partial charge in [-0.2, -0.15) is 0 Å². The number of methoxy groups -OCH3 is 2. The van der Waals surface area contributed by atoms with E-state index in [4.69, 9.17) is 9.47 Å². The molecule has 0 radical (unpaired) electrons. The van der Waals surface area contributed by atoms with Crippen LogP contribution in [0.3, 0.4) is 0 Å². The predicted molar refractivity (Wildman–Crippen MR) is 61.9 cm³/mol. The van der Waals surface area contributed by atoms with Gasteiger partial charge in [0.2, 0.25) is 5.88 Å². The van der Waals surface area contributed by atoms with Crippen LogP contribution in [0.4, 0.5) is 0 Å². The number of pyridine rings is 1. The molecular weight excluding hydrogens is 204 g/mol. The number of nitrogens with one attached hydrogen (secondary N) is 1. The van der Waals surface area contributed by atoms with E-state index in [2.05, 4.69) is 10.3 Å². The molecule has 88 valence electrons. The molecule has 1 saturated heterocycles. The Morgan fingerprint density at radius 1 is 1.31 bits per heavy atom. The van der Waals surface area contributed by atoms with Gasteiger partial charge >= 0.3 is 0 Å². The summed E-state index contributed by atoms with van der Waals surface area (Å²) in [5.41, 5.74) is 1.15. The molecule has 1 unspecified atom stereocenters. The van der Waals surface area contributed by atoms with E-state index in [9.17, 15) is 0 Å². The Kier molecular flexibility index (Phi) is 3.62. The van der Waals surface area contributed by atoms with Gasteiger partial charge in [0.15, 0.2) is 0 Å². The zero-order valence-electron chi connectivity index (χ0n) is 9.82. The number of ether oxygens (including phenoxy) is 2. The molecule has 4 heteroatoms. The standard InChI is InChI=1S/C12H18N2O2/c1-15-11-8-14-12(16-2)7-9(11)10-5-3-4-6-13-10/h7-8,10,13H,3-6H2,1-2H3. The molecule has 0 aromatic carbocycles. The highest BCUT2D eigenvalue weighted by Crippen LogP contribution is 2.31. The van der Waals surface area contributed by atoms with Crippen molar-refractivity contribution in [2.24, 2.45) is 0 Å². The monoisotopic (exact) mass is 222 g/mol. The van der Waals surface area contributed by atoms with Crippen LogP contribution in [0.25, 0.3) is 0 Å². The third-order valence-corrected chi connectivity index (χ3v) is 2.99. The Morgan fingerprint density at radius 3 is 2.81 bits per heavy atom. The number of hydrogen-bond acceptors (Lipinski definition) is 4. The quantitative estimate of drug-likeness (QED) is 0.848. The maximum absolute atomic E-state index is 5.34. The Labute approximate surface area is 96.0 Å². The van der Waals surface area contributed by atoms with Crippen molar-refractivity contribution in [3.05, 3.63) is 17.8 Å². The maximum Gasteiger partial charge on any atom is 0.213 e. The predicted octanol–water partition coefficient (Wildman–Crippen LogP) is 1.91. The lowest BCUT2D eigenvalue weighted by molar-refractivity contribution is 0.361. The molecule has 1 aliphatic rings. The van der Waals surface area contributed by atoms with Crippen LogP contribution in [0.1, 0.15) is 30.9 Å². The lowest BCUT2D eigenvalue weighted by atomic mass is 9.98. The molecule has 1 atom stereocenters. The molecule has 0 aliphatic carbocycles. The van der Waals surface area contributed by atoms with Crippen LogP contribution in [-0.2, 0) is 0 Å². The van der Waals surface area contributed by atoms with Crippen molar-refractivity contribution in [1.82, 2.24) is 10.3 Å². The van der Waals surface area contributed by atoms with E-state index in [1.807, 2.05) is 6.07 Å². The molecule has 4 nitrogen and oxygen atoms in total. The van der Waals surface area contributed by atoms with Crippen molar-refractivity contribution in [2.45, 2.75) is 25.3 Å². The molecule has 1 N–H and O–H groups in total. The Morgan fingerprint density at radius 2 is 2.19 bits per heavy atom. The summed E-state index contributed by atoms with van der Waals surface area (Å²) in [6.45, 7) is 1.07. The van der Waals surface area contributed by atoms with E-state index < -0.39 is 0 Å². The summed E-state index contributed by atoms with van der Waals surface area (Å²) in [6, 6.07) is 2.32. The molecule has 16 heavy (non-hydrogen) atoms. The fourth-order valence-electron chi connectivity index (χ4n) is 2.11. The van der Waals surface area contributed by atoms with Crippen molar-refractivity contribution in [1.29, 1.82) is 0 Å². The number of rotatable bonds is 3. The second-order valence-corrected chi connectivity index (χ2v) is 3.97. The van der Waals surface area contributed by atoms with Gasteiger partial charge in [-0.1, -0.05) is 6.42 Å². The molecule has 1 aromatic rings. The first-order valence-electron chi connectivity index (χ1n) is 5.66. The second-order valence-electron chi connectivity index (χ2n) is 3.97. The van der Waals surface area contributed by atoms with Gasteiger partial charge in [-0.3, -0.25) is 0 Å². The summed E-state index contributed by atoms with van der Waals surface area (Å²) < 4.78 is 10.5. The SMILES string of the molecule is COc1cc(C2CCCCN2)c(OC)cn1. The first-order chi connectivity index (χ1) is 7.85. The molecule has 1 fully saturated rings. The van der Waals surface area contributed by atoms with E-state index in [0.717, 1.165) is 24.3 Å². The lowest BCUT2D eigenvalue weighted by Crippen LogP contribution is -2.27. The van der Waals surface area contributed by atoms with E-state index in [1.54, 1.807) is 20.4 Å². The number of aromatic nitrogens is 1. The van der Waals surface area contributed by atoms with Gasteiger partial charge in [-0.05, 0) is 19.4 Å². The highest BCUT2D eigenvalue weighted by molar-refractivity contribution is 5.37. The van der Waals surface area contributed by atoms with Gasteiger partial charge in [-0.25, -0.2) is 4.98 Å². The minimum atomic E-state index is 0.362. The van der Waals surface area contributed by atoms with Crippen LogP contribution in [0.2, 0.25) is 0 Å². The van der Waals surface area contributed by atoms with E-state index in [0.29, 0.717) is 11.9 Å². The van der Waals surface area contributed by atoms with Crippen molar-refractivity contribution in [2.75, 3.05) is 20.8 Å². The lowest BCUT2D eigenvalue weighted by Gasteiger charge is -2.25. The molecular formula is C12H18N2O2. The van der Waals surface area contributed by atoms with Crippen LogP contribution in [0.15, 0.2) is 12.3 Å². The van der Waals surface area contributed by atoms with Crippen molar-refractivity contribution >= 4 is 0 Å². The number of nitrogens with zero attached hydrogens (tertiary/aromatic N) is 1. The van der Waals surface area contributed by atoms with Crippen molar-refractivity contribution in [3.63, 3.8) is 0 Å². The minimum absolute atomic E-state index is 0.362. The van der Waals surface area contributed by atoms with Gasteiger partial charge < -0.3 is 14.8 Å². The molecule has 0 amide bonds. The summed E-state index contributed by atoms with van der Waals surface area (Å²) in [6.07, 6.45) is 5.38. The minimum Gasteiger partial charge on any atom is -0.495 e. The largest absolute Gasteiger partial charge is 0.495 e. The third-order valence-electron chi connectivity index (χ3n) is 2.99. The Hall–Kier alpha value is -1.29. The molecule has 0 bridgehead atoms. The summed E-state index contributed by atoms with van der Waals surface area (Å²) in [4.78, 5) is 4.15. The molecule has 0 saturated carbocycles. The first-order valence-corrected chi connectivity index (χ1v) is 5.66. The normalized spacial score (nSPS) is 20.5. The average Bonchev–Trinajstić information content (AvgIpc) is 2.39. The zero-order chi connectivity index (χ0) is 11.4. The topological polar surface area (TPSA) is 43.4 Å². The zero-order valence-corrected chi connectivity index (χ0v) is 9.82. The van der Waals surface area contributed by atoms with E-state index >= 15 is 0 Å². The van der Waals surface area contributed by atoms with Gasteiger partial charge in [0.1, 0.15) is 5.75 Å². The van der Waals surface area contributed by atoms with Crippen LogP contribution in [0.5, 0.6) is 11.6 Å². The van der Waals surface area contributed by atoms with Crippen LogP contribution in [-0.4, -0.2) is 25.7 Å². The molecule has 2 rings (SSSR count). The fourth-order valence-corrected chi connectivity index (χ4v) is 2.11. The number of piperidine rings is 1. The average molecular weight is 222 g/mol. The van der Waals surface area contributed by atoms with Gasteiger partial charge in [-0.15, -0.1) is 0 Å². The van der Waals surface area contributed by atoms with E-state index in [1.165, 1.54) is 12.8 Å². The molecule has 1 aliphatic heterocycles. The highest BCUT2D eigenvalue weighted by atomic mass is 16.5. The van der Waals surface area contributed by atoms with Gasteiger partial charge in [0, 0.05) is 17.7 Å². The summed E-state index contributed by atoms with van der Waals surface area (Å²) in [7, 11) is 3.31.